The van der Waals surface area contributed by atoms with E-state index < -0.39 is 10.0 Å². The van der Waals surface area contributed by atoms with E-state index in [9.17, 15) is 12.8 Å². The molecule has 1 aliphatic rings. The van der Waals surface area contributed by atoms with E-state index in [-0.39, 0.29) is 18.4 Å². The van der Waals surface area contributed by atoms with E-state index in [0.29, 0.717) is 4.21 Å². The molecular formula is C16H19FN2O2S2. The van der Waals surface area contributed by atoms with E-state index in [1.54, 1.807) is 29.6 Å². The third kappa shape index (κ3) is 3.98. The highest BCUT2D eigenvalue weighted by molar-refractivity contribution is 7.91. The van der Waals surface area contributed by atoms with Gasteiger partial charge in [-0.3, -0.25) is 4.90 Å². The molecule has 0 spiro atoms. The van der Waals surface area contributed by atoms with Gasteiger partial charge in [-0.2, -0.15) is 0 Å². The summed E-state index contributed by atoms with van der Waals surface area (Å²) in [5.74, 6) is -0.284. The van der Waals surface area contributed by atoms with Crippen molar-refractivity contribution in [3.63, 3.8) is 0 Å². The maximum Gasteiger partial charge on any atom is 0.250 e. The number of rotatable bonds is 6. The van der Waals surface area contributed by atoms with Crippen LogP contribution in [-0.2, 0) is 10.0 Å². The van der Waals surface area contributed by atoms with Crippen LogP contribution in [0, 0.1) is 5.82 Å². The zero-order valence-corrected chi connectivity index (χ0v) is 14.2. The predicted octanol–water partition coefficient (Wildman–Crippen LogP) is 3.00. The fourth-order valence-electron chi connectivity index (χ4n) is 2.87. The minimum absolute atomic E-state index is 0.0761. The summed E-state index contributed by atoms with van der Waals surface area (Å²) < 4.78 is 40.8. The molecule has 1 aromatic carbocycles. The van der Waals surface area contributed by atoms with Gasteiger partial charge in [0, 0.05) is 12.6 Å². The van der Waals surface area contributed by atoms with Crippen molar-refractivity contribution < 1.29 is 12.8 Å². The molecule has 0 radical (unpaired) electrons. The second-order valence-electron chi connectivity index (χ2n) is 5.59. The van der Waals surface area contributed by atoms with E-state index in [1.165, 1.54) is 23.5 Å². The number of halogens is 1. The summed E-state index contributed by atoms with van der Waals surface area (Å²) >= 11 is 1.20. The van der Waals surface area contributed by atoms with Crippen LogP contribution in [0.25, 0.3) is 0 Å². The van der Waals surface area contributed by atoms with Crippen LogP contribution in [0.5, 0.6) is 0 Å². The number of thiophene rings is 1. The highest BCUT2D eigenvalue weighted by Crippen LogP contribution is 2.25. The van der Waals surface area contributed by atoms with Crippen LogP contribution in [-0.4, -0.2) is 33.0 Å². The third-order valence-electron chi connectivity index (χ3n) is 4.06. The molecule has 2 heterocycles. The molecule has 1 N–H and O–H groups in total. The molecule has 1 aromatic heterocycles. The molecule has 0 aliphatic carbocycles. The van der Waals surface area contributed by atoms with Crippen LogP contribution in [0.1, 0.15) is 24.4 Å². The first kappa shape index (κ1) is 16.6. The van der Waals surface area contributed by atoms with Crippen LogP contribution in [0.15, 0.2) is 46.0 Å². The normalized spacial score (nSPS) is 17.4. The van der Waals surface area contributed by atoms with Crippen LogP contribution in [0.3, 0.4) is 0 Å². The minimum atomic E-state index is -3.49. The molecule has 1 atom stereocenters. The second-order valence-corrected chi connectivity index (χ2v) is 8.54. The van der Waals surface area contributed by atoms with Crippen molar-refractivity contribution >= 4 is 21.4 Å². The third-order valence-corrected chi connectivity index (χ3v) is 6.88. The van der Waals surface area contributed by atoms with Gasteiger partial charge in [0.2, 0.25) is 10.0 Å². The van der Waals surface area contributed by atoms with Crippen LogP contribution in [0.2, 0.25) is 0 Å². The lowest BCUT2D eigenvalue weighted by Crippen LogP contribution is -2.36. The van der Waals surface area contributed by atoms with Gasteiger partial charge >= 0.3 is 0 Å². The highest BCUT2D eigenvalue weighted by atomic mass is 32.2. The van der Waals surface area contributed by atoms with E-state index in [0.717, 1.165) is 31.5 Å². The molecule has 3 rings (SSSR count). The Kier molecular flexibility index (Phi) is 5.11. The summed E-state index contributed by atoms with van der Waals surface area (Å²) in [6.45, 7) is 2.15. The lowest BCUT2D eigenvalue weighted by atomic mass is 10.1. The average molecular weight is 354 g/mol. The van der Waals surface area contributed by atoms with E-state index in [2.05, 4.69) is 9.62 Å². The number of benzene rings is 1. The molecule has 4 nitrogen and oxygen atoms in total. The van der Waals surface area contributed by atoms with Crippen molar-refractivity contribution in [1.82, 2.24) is 9.62 Å². The Morgan fingerprint density at radius 2 is 1.87 bits per heavy atom. The Hall–Kier alpha value is -1.28. The van der Waals surface area contributed by atoms with Gasteiger partial charge < -0.3 is 0 Å². The van der Waals surface area contributed by atoms with Crippen LogP contribution >= 0.6 is 11.3 Å². The molecule has 2 aromatic rings. The quantitative estimate of drug-likeness (QED) is 0.868. The summed E-state index contributed by atoms with van der Waals surface area (Å²) in [7, 11) is -3.49. The molecule has 0 amide bonds. The Balaban J connectivity index is 1.77. The standard InChI is InChI=1S/C16H19FN2O2S2/c17-14-7-5-13(6-8-14)15(19-9-1-2-10-19)12-18-23(20,21)16-4-3-11-22-16/h3-8,11,15,18H,1-2,9-10,12H2. The van der Waals surface area contributed by atoms with Gasteiger partial charge in [-0.1, -0.05) is 18.2 Å². The Bertz CT molecular complexity index is 724. The molecule has 1 unspecified atom stereocenters. The molecule has 23 heavy (non-hydrogen) atoms. The molecule has 1 saturated heterocycles. The molecule has 7 heteroatoms. The van der Waals surface area contributed by atoms with E-state index in [4.69, 9.17) is 0 Å². The summed E-state index contributed by atoms with van der Waals surface area (Å²) in [4.78, 5) is 2.25. The minimum Gasteiger partial charge on any atom is -0.295 e. The van der Waals surface area contributed by atoms with Crippen molar-refractivity contribution in [1.29, 1.82) is 0 Å². The second kappa shape index (κ2) is 7.09. The lowest BCUT2D eigenvalue weighted by molar-refractivity contribution is 0.246. The largest absolute Gasteiger partial charge is 0.295 e. The van der Waals surface area contributed by atoms with Gasteiger partial charge in [0.1, 0.15) is 10.0 Å². The first-order valence-corrected chi connectivity index (χ1v) is 9.95. The summed E-state index contributed by atoms with van der Waals surface area (Å²) in [6.07, 6.45) is 2.21. The monoisotopic (exact) mass is 354 g/mol. The summed E-state index contributed by atoms with van der Waals surface area (Å²) in [6, 6.07) is 9.55. The summed E-state index contributed by atoms with van der Waals surface area (Å²) in [5.41, 5.74) is 0.933. The summed E-state index contributed by atoms with van der Waals surface area (Å²) in [5, 5.41) is 1.74. The van der Waals surface area contributed by atoms with E-state index in [1.807, 2.05) is 0 Å². The zero-order valence-electron chi connectivity index (χ0n) is 12.6. The zero-order chi connectivity index (χ0) is 16.3. The molecule has 0 saturated carbocycles. The first-order chi connectivity index (χ1) is 11.1. The fourth-order valence-corrected chi connectivity index (χ4v) is 4.95. The van der Waals surface area contributed by atoms with Crippen LogP contribution < -0.4 is 4.72 Å². The predicted molar refractivity (Wildman–Crippen MR) is 89.5 cm³/mol. The Morgan fingerprint density at radius 3 is 2.48 bits per heavy atom. The molecule has 1 aliphatic heterocycles. The van der Waals surface area contributed by atoms with Crippen molar-refractivity contribution in [2.45, 2.75) is 23.1 Å². The number of nitrogens with zero attached hydrogens (tertiary/aromatic N) is 1. The topological polar surface area (TPSA) is 49.4 Å². The fraction of sp³-hybridized carbons (Fsp3) is 0.375. The first-order valence-electron chi connectivity index (χ1n) is 7.59. The Labute approximate surface area is 140 Å². The van der Waals surface area contributed by atoms with Crippen molar-refractivity contribution in [2.75, 3.05) is 19.6 Å². The smallest absolute Gasteiger partial charge is 0.250 e. The number of hydrogen-bond acceptors (Lipinski definition) is 4. The van der Waals surface area contributed by atoms with Gasteiger partial charge in [0.25, 0.3) is 0 Å². The van der Waals surface area contributed by atoms with Crippen molar-refractivity contribution in [2.24, 2.45) is 0 Å². The van der Waals surface area contributed by atoms with Gasteiger partial charge in [-0.05, 0) is 55.1 Å². The average Bonchev–Trinajstić information content (AvgIpc) is 3.23. The van der Waals surface area contributed by atoms with Crippen molar-refractivity contribution in [3.05, 3.63) is 53.2 Å². The number of sulfonamides is 1. The van der Waals surface area contributed by atoms with Gasteiger partial charge in [-0.25, -0.2) is 17.5 Å². The lowest BCUT2D eigenvalue weighted by Gasteiger charge is -2.28. The highest BCUT2D eigenvalue weighted by Gasteiger charge is 2.26. The molecule has 124 valence electrons. The molecule has 0 bridgehead atoms. The van der Waals surface area contributed by atoms with Crippen molar-refractivity contribution in [3.8, 4) is 0 Å². The van der Waals surface area contributed by atoms with Gasteiger partial charge in [0.15, 0.2) is 0 Å². The maximum absolute atomic E-state index is 13.2. The Morgan fingerprint density at radius 1 is 1.17 bits per heavy atom. The van der Waals surface area contributed by atoms with Gasteiger partial charge in [0.05, 0.1) is 0 Å². The molecule has 1 fully saturated rings. The van der Waals surface area contributed by atoms with E-state index >= 15 is 0 Å². The SMILES string of the molecule is O=S(=O)(NCC(c1ccc(F)cc1)N1CCCC1)c1cccs1. The number of nitrogens with one attached hydrogen (secondary N) is 1. The number of hydrogen-bond donors (Lipinski definition) is 1. The number of likely N-dealkylation sites (tertiary alicyclic amines) is 1. The van der Waals surface area contributed by atoms with Gasteiger partial charge in [-0.15, -0.1) is 11.3 Å². The maximum atomic E-state index is 13.2. The molecular weight excluding hydrogens is 335 g/mol. The van der Waals surface area contributed by atoms with Crippen LogP contribution in [0.4, 0.5) is 4.39 Å².